The monoisotopic (exact) mass is 292 g/mol. The van der Waals surface area contributed by atoms with Crippen molar-refractivity contribution < 1.29 is 14.1 Å². The van der Waals surface area contributed by atoms with E-state index in [2.05, 4.69) is 11.1 Å². The molecular weight excluding hydrogens is 278 g/mol. The summed E-state index contributed by atoms with van der Waals surface area (Å²) in [5.41, 5.74) is 4.68. The molecule has 0 unspecified atom stereocenters. The number of aromatic amines is 1. The molecule has 1 N–H and O–H groups in total. The highest BCUT2D eigenvalue weighted by Gasteiger charge is 2.17. The molecule has 0 aliphatic heterocycles. The zero-order valence-electron chi connectivity index (χ0n) is 12.3. The van der Waals surface area contributed by atoms with Crippen LogP contribution >= 0.6 is 0 Å². The van der Waals surface area contributed by atoms with Gasteiger partial charge in [-0.3, -0.25) is 4.79 Å². The summed E-state index contributed by atoms with van der Waals surface area (Å²) in [7, 11) is 1.97. The van der Waals surface area contributed by atoms with Crippen molar-refractivity contribution in [2.75, 3.05) is 0 Å². The van der Waals surface area contributed by atoms with Crippen molar-refractivity contribution in [3.05, 3.63) is 42.5 Å². The number of carbonyl (C=O) groups excluding carboxylic acids is 1. The van der Waals surface area contributed by atoms with E-state index in [0.717, 1.165) is 33.1 Å². The van der Waals surface area contributed by atoms with Gasteiger partial charge in [0.2, 0.25) is 0 Å². The van der Waals surface area contributed by atoms with Crippen molar-refractivity contribution in [2.45, 2.75) is 6.92 Å². The predicted molar refractivity (Wildman–Crippen MR) is 83.6 cm³/mol. The average molecular weight is 292 g/mol. The highest BCUT2D eigenvalue weighted by molar-refractivity contribution is 6.03. The first-order chi connectivity index (χ1) is 10.6. The van der Waals surface area contributed by atoms with Crippen LogP contribution in [0.25, 0.3) is 33.1 Å². The molecule has 0 bridgehead atoms. The van der Waals surface area contributed by atoms with Crippen molar-refractivity contribution in [3.8, 4) is 5.75 Å². The Hall–Kier alpha value is -2.95. The van der Waals surface area contributed by atoms with Crippen LogP contribution in [0.2, 0.25) is 0 Å². The molecule has 108 valence electrons. The van der Waals surface area contributed by atoms with E-state index in [9.17, 15) is 4.79 Å². The highest BCUT2D eigenvalue weighted by Crippen LogP contribution is 2.25. The molecule has 2 aromatic heterocycles. The van der Waals surface area contributed by atoms with Gasteiger partial charge < -0.3 is 4.74 Å². The lowest BCUT2D eigenvalue weighted by atomic mass is 10.2. The van der Waals surface area contributed by atoms with Gasteiger partial charge in [-0.15, -0.1) is 0 Å². The number of esters is 1. The minimum atomic E-state index is -0.332. The van der Waals surface area contributed by atoms with Gasteiger partial charge in [-0.05, 0) is 24.3 Å². The van der Waals surface area contributed by atoms with Gasteiger partial charge >= 0.3 is 11.6 Å². The van der Waals surface area contributed by atoms with Crippen LogP contribution in [-0.2, 0) is 11.8 Å². The van der Waals surface area contributed by atoms with Crippen LogP contribution in [0.15, 0.2) is 42.5 Å². The molecule has 2 aromatic carbocycles. The third kappa shape index (κ3) is 1.83. The average Bonchev–Trinajstić information content (AvgIpc) is 2.87. The molecule has 5 heteroatoms. The largest absolute Gasteiger partial charge is 0.427 e. The molecule has 5 nitrogen and oxygen atoms in total. The fourth-order valence-corrected chi connectivity index (χ4v) is 2.81. The molecule has 4 aromatic rings. The number of aryl methyl sites for hydroxylation is 1. The standard InChI is InChI=1S/C17H13N3O2/c1-10(21)22-11-7-8-14-15(9-11)20(2)17-16(18-14)12-5-3-4-6-13(12)19-17/h3-9H,1-2H3/p+1. The first-order valence-corrected chi connectivity index (χ1v) is 7.02. The maximum atomic E-state index is 11.1. The van der Waals surface area contributed by atoms with Crippen LogP contribution in [0.5, 0.6) is 5.75 Å². The molecule has 0 amide bonds. The first-order valence-electron chi connectivity index (χ1n) is 7.02. The van der Waals surface area contributed by atoms with Crippen molar-refractivity contribution >= 4 is 39.1 Å². The van der Waals surface area contributed by atoms with Crippen LogP contribution in [0.4, 0.5) is 0 Å². The molecule has 0 spiro atoms. The second kappa shape index (κ2) is 4.53. The van der Waals surface area contributed by atoms with Gasteiger partial charge in [0.1, 0.15) is 16.8 Å². The van der Waals surface area contributed by atoms with E-state index in [4.69, 9.17) is 9.72 Å². The molecule has 0 saturated carbocycles. The Labute approximate surface area is 126 Å². The number of H-pyrrole nitrogens is 1. The summed E-state index contributed by atoms with van der Waals surface area (Å²) < 4.78 is 7.19. The molecular formula is C17H14N3O2+. The van der Waals surface area contributed by atoms with Gasteiger partial charge in [-0.1, -0.05) is 12.1 Å². The number of para-hydroxylation sites is 1. The Morgan fingerprint density at radius 3 is 2.86 bits per heavy atom. The lowest BCUT2D eigenvalue weighted by Crippen LogP contribution is -2.30. The van der Waals surface area contributed by atoms with Crippen LogP contribution in [-0.4, -0.2) is 15.9 Å². The summed E-state index contributed by atoms with van der Waals surface area (Å²) in [5, 5.41) is 1.10. The minimum absolute atomic E-state index is 0.332. The normalized spacial score (nSPS) is 11.4. The number of hydrogen-bond acceptors (Lipinski definition) is 3. The van der Waals surface area contributed by atoms with Gasteiger partial charge in [0, 0.05) is 13.0 Å². The molecule has 0 saturated heterocycles. The summed E-state index contributed by atoms with van der Waals surface area (Å²) in [4.78, 5) is 19.3. The van der Waals surface area contributed by atoms with Gasteiger partial charge in [-0.25, -0.2) is 14.5 Å². The van der Waals surface area contributed by atoms with E-state index in [1.807, 2.05) is 41.9 Å². The first kappa shape index (κ1) is 12.8. The lowest BCUT2D eigenvalue weighted by Gasteiger charge is -2.04. The van der Waals surface area contributed by atoms with Crippen LogP contribution < -0.4 is 9.30 Å². The molecule has 0 aliphatic rings. The Kier molecular flexibility index (Phi) is 2.63. The molecule has 0 radical (unpaired) electrons. The molecule has 0 atom stereocenters. The highest BCUT2D eigenvalue weighted by atomic mass is 16.5. The topological polar surface area (TPSA) is 58.9 Å². The van der Waals surface area contributed by atoms with Gasteiger partial charge in [0.15, 0.2) is 11.0 Å². The number of rotatable bonds is 1. The number of fused-ring (bicyclic) bond motifs is 4. The predicted octanol–water partition coefficient (Wildman–Crippen LogP) is 2.62. The van der Waals surface area contributed by atoms with Gasteiger partial charge in [0.05, 0.1) is 12.4 Å². The zero-order chi connectivity index (χ0) is 15.3. The Morgan fingerprint density at radius 2 is 2.05 bits per heavy atom. The van der Waals surface area contributed by atoms with Crippen molar-refractivity contribution in [2.24, 2.45) is 7.05 Å². The maximum absolute atomic E-state index is 11.1. The van der Waals surface area contributed by atoms with E-state index in [0.29, 0.717) is 5.75 Å². The van der Waals surface area contributed by atoms with E-state index in [-0.39, 0.29) is 5.97 Å². The van der Waals surface area contributed by atoms with Crippen molar-refractivity contribution in [3.63, 3.8) is 0 Å². The Bertz CT molecular complexity index is 1050. The second-order valence-corrected chi connectivity index (χ2v) is 5.28. The number of carbonyl (C=O) groups is 1. The molecule has 22 heavy (non-hydrogen) atoms. The lowest BCUT2D eigenvalue weighted by molar-refractivity contribution is -0.619. The smallest absolute Gasteiger partial charge is 0.308 e. The van der Waals surface area contributed by atoms with Crippen LogP contribution in [0.3, 0.4) is 0 Å². The summed E-state index contributed by atoms with van der Waals surface area (Å²) in [6.45, 7) is 1.39. The van der Waals surface area contributed by atoms with Crippen molar-refractivity contribution in [1.29, 1.82) is 0 Å². The molecule has 4 rings (SSSR count). The summed E-state index contributed by atoms with van der Waals surface area (Å²) in [6.07, 6.45) is 0. The maximum Gasteiger partial charge on any atom is 0.308 e. The second-order valence-electron chi connectivity index (χ2n) is 5.28. The Morgan fingerprint density at radius 1 is 1.23 bits per heavy atom. The fourth-order valence-electron chi connectivity index (χ4n) is 2.81. The number of benzene rings is 2. The molecule has 2 heterocycles. The number of hydrogen-bond donors (Lipinski definition) is 1. The van der Waals surface area contributed by atoms with Gasteiger partial charge in [0.25, 0.3) is 0 Å². The van der Waals surface area contributed by atoms with Crippen LogP contribution in [0, 0.1) is 0 Å². The number of ether oxygens (including phenoxy) is 1. The van der Waals surface area contributed by atoms with E-state index in [1.165, 1.54) is 6.92 Å². The Balaban J connectivity index is 2.07. The summed E-state index contributed by atoms with van der Waals surface area (Å²) in [5.74, 6) is 0.189. The van der Waals surface area contributed by atoms with E-state index >= 15 is 0 Å². The molecule has 0 aliphatic carbocycles. The summed E-state index contributed by atoms with van der Waals surface area (Å²) in [6, 6.07) is 13.6. The molecule has 0 fully saturated rings. The summed E-state index contributed by atoms with van der Waals surface area (Å²) >= 11 is 0. The quantitative estimate of drug-likeness (QED) is 0.333. The number of nitrogens with one attached hydrogen (secondary N) is 1. The van der Waals surface area contributed by atoms with Gasteiger partial charge in [-0.2, -0.15) is 0 Å². The third-order valence-electron chi connectivity index (χ3n) is 3.80. The SMILES string of the molecule is CC(=O)Oc1ccc2nc3c4ccccc4[nH]c3[n+](C)c2c1. The fraction of sp³-hybridized carbons (Fsp3) is 0.118. The zero-order valence-corrected chi connectivity index (χ0v) is 12.3. The van der Waals surface area contributed by atoms with Crippen LogP contribution in [0.1, 0.15) is 6.92 Å². The van der Waals surface area contributed by atoms with Crippen molar-refractivity contribution in [1.82, 2.24) is 9.97 Å². The number of nitrogens with zero attached hydrogens (tertiary/aromatic N) is 2. The van der Waals surface area contributed by atoms with E-state index in [1.54, 1.807) is 6.07 Å². The minimum Gasteiger partial charge on any atom is -0.427 e. The third-order valence-corrected chi connectivity index (χ3v) is 3.80. The van der Waals surface area contributed by atoms with E-state index < -0.39 is 0 Å². The number of aromatic nitrogens is 3.